The Morgan fingerprint density at radius 1 is 0.966 bits per heavy atom. The van der Waals surface area contributed by atoms with Crippen LogP contribution in [-0.2, 0) is 13.1 Å². The zero-order valence-corrected chi connectivity index (χ0v) is 16.7. The highest BCUT2D eigenvalue weighted by atomic mass is 16.5. The first-order valence-corrected chi connectivity index (χ1v) is 9.21. The molecule has 0 radical (unpaired) electrons. The van der Waals surface area contributed by atoms with Gasteiger partial charge in [-0.1, -0.05) is 30.3 Å². The number of anilines is 1. The van der Waals surface area contributed by atoms with Crippen molar-refractivity contribution in [2.75, 3.05) is 19.5 Å². The number of aromatic nitrogens is 2. The van der Waals surface area contributed by atoms with Crippen LogP contribution in [0.4, 0.5) is 5.82 Å². The van der Waals surface area contributed by atoms with Gasteiger partial charge in [-0.25, -0.2) is 9.97 Å². The molecule has 7 heteroatoms. The predicted molar refractivity (Wildman–Crippen MR) is 111 cm³/mol. The van der Waals surface area contributed by atoms with Gasteiger partial charge in [0.2, 0.25) is 0 Å². The van der Waals surface area contributed by atoms with Crippen molar-refractivity contribution >= 4 is 11.7 Å². The lowest BCUT2D eigenvalue weighted by molar-refractivity contribution is 0.0945. The molecule has 29 heavy (non-hydrogen) atoms. The van der Waals surface area contributed by atoms with Gasteiger partial charge < -0.3 is 20.1 Å². The summed E-state index contributed by atoms with van der Waals surface area (Å²) in [7, 11) is 3.26. The van der Waals surface area contributed by atoms with Gasteiger partial charge in [0.25, 0.3) is 5.91 Å². The van der Waals surface area contributed by atoms with E-state index in [0.29, 0.717) is 30.4 Å². The molecule has 2 N–H and O–H groups in total. The number of hydrogen-bond acceptors (Lipinski definition) is 6. The molecular formula is C22H24N4O3. The molecule has 0 bridgehead atoms. The highest BCUT2D eigenvalue weighted by Gasteiger charge is 2.11. The lowest BCUT2D eigenvalue weighted by Gasteiger charge is -2.11. The molecule has 2 aromatic carbocycles. The van der Waals surface area contributed by atoms with Gasteiger partial charge in [-0.15, -0.1) is 0 Å². The third-order valence-electron chi connectivity index (χ3n) is 4.34. The number of aryl methyl sites for hydroxylation is 1. The largest absolute Gasteiger partial charge is 0.497 e. The summed E-state index contributed by atoms with van der Waals surface area (Å²) < 4.78 is 10.5. The van der Waals surface area contributed by atoms with Crippen LogP contribution in [0.1, 0.15) is 27.4 Å². The first-order valence-electron chi connectivity index (χ1n) is 9.21. The van der Waals surface area contributed by atoms with Crippen LogP contribution in [0, 0.1) is 6.92 Å². The molecule has 0 fully saturated rings. The molecule has 0 unspecified atom stereocenters. The maximum Gasteiger partial charge on any atom is 0.270 e. The molecule has 1 heterocycles. The summed E-state index contributed by atoms with van der Waals surface area (Å²) in [5.74, 6) is 2.41. The van der Waals surface area contributed by atoms with Crippen molar-refractivity contribution in [3.8, 4) is 11.5 Å². The Kier molecular flexibility index (Phi) is 6.63. The molecule has 0 aliphatic rings. The van der Waals surface area contributed by atoms with Crippen molar-refractivity contribution in [2.24, 2.45) is 0 Å². The summed E-state index contributed by atoms with van der Waals surface area (Å²) in [4.78, 5) is 21.2. The van der Waals surface area contributed by atoms with Gasteiger partial charge in [0, 0.05) is 24.7 Å². The standard InChI is InChI=1S/C22H24N4O3/c1-15-25-19(22(27)24-13-16-8-10-18(28-2)11-9-16)12-21(26-15)23-14-17-6-4-5-7-20(17)29-3/h4-12H,13-14H2,1-3H3,(H,24,27)(H,23,25,26). The van der Waals surface area contributed by atoms with Crippen LogP contribution in [0.3, 0.4) is 0 Å². The molecule has 0 saturated carbocycles. The monoisotopic (exact) mass is 392 g/mol. The fourth-order valence-electron chi connectivity index (χ4n) is 2.83. The zero-order valence-electron chi connectivity index (χ0n) is 16.7. The maximum absolute atomic E-state index is 12.5. The number of carbonyl (C=O) groups is 1. The van der Waals surface area contributed by atoms with E-state index in [2.05, 4.69) is 20.6 Å². The van der Waals surface area contributed by atoms with Gasteiger partial charge >= 0.3 is 0 Å². The van der Waals surface area contributed by atoms with Crippen LogP contribution in [0.15, 0.2) is 54.6 Å². The molecule has 1 aromatic heterocycles. The van der Waals surface area contributed by atoms with E-state index < -0.39 is 0 Å². The van der Waals surface area contributed by atoms with Crippen LogP contribution in [0.5, 0.6) is 11.5 Å². The van der Waals surface area contributed by atoms with Crippen molar-refractivity contribution in [1.29, 1.82) is 0 Å². The third-order valence-corrected chi connectivity index (χ3v) is 4.34. The molecule has 7 nitrogen and oxygen atoms in total. The minimum Gasteiger partial charge on any atom is -0.497 e. The number of ether oxygens (including phenoxy) is 2. The minimum atomic E-state index is -0.258. The van der Waals surface area contributed by atoms with E-state index in [4.69, 9.17) is 9.47 Å². The SMILES string of the molecule is COc1ccc(CNC(=O)c2cc(NCc3ccccc3OC)nc(C)n2)cc1. The maximum atomic E-state index is 12.5. The smallest absolute Gasteiger partial charge is 0.270 e. The molecule has 3 aromatic rings. The average Bonchev–Trinajstić information content (AvgIpc) is 2.76. The van der Waals surface area contributed by atoms with E-state index >= 15 is 0 Å². The lowest BCUT2D eigenvalue weighted by atomic mass is 10.2. The number of carbonyl (C=O) groups excluding carboxylic acids is 1. The summed E-state index contributed by atoms with van der Waals surface area (Å²) in [5.41, 5.74) is 2.28. The second kappa shape index (κ2) is 9.54. The van der Waals surface area contributed by atoms with Crippen LogP contribution < -0.4 is 20.1 Å². The van der Waals surface area contributed by atoms with Crippen LogP contribution in [0.25, 0.3) is 0 Å². The molecule has 0 aliphatic carbocycles. The number of rotatable bonds is 8. The number of para-hydroxylation sites is 1. The second-order valence-corrected chi connectivity index (χ2v) is 6.38. The Balaban J connectivity index is 1.65. The van der Waals surface area contributed by atoms with Gasteiger partial charge in [-0.3, -0.25) is 4.79 Å². The number of amides is 1. The van der Waals surface area contributed by atoms with Crippen molar-refractivity contribution in [3.63, 3.8) is 0 Å². The summed E-state index contributed by atoms with van der Waals surface area (Å²) >= 11 is 0. The van der Waals surface area contributed by atoms with E-state index in [1.807, 2.05) is 48.5 Å². The first kappa shape index (κ1) is 20.1. The minimum absolute atomic E-state index is 0.258. The Hall–Kier alpha value is -3.61. The van der Waals surface area contributed by atoms with Crippen LogP contribution in [0.2, 0.25) is 0 Å². The van der Waals surface area contributed by atoms with Gasteiger partial charge in [-0.05, 0) is 30.7 Å². The van der Waals surface area contributed by atoms with Crippen molar-refractivity contribution in [3.05, 3.63) is 77.2 Å². The Morgan fingerprint density at radius 2 is 1.72 bits per heavy atom. The van der Waals surface area contributed by atoms with Gasteiger partial charge in [0.1, 0.15) is 28.8 Å². The van der Waals surface area contributed by atoms with Gasteiger partial charge in [0.05, 0.1) is 14.2 Å². The Bertz CT molecular complexity index is 974. The van der Waals surface area contributed by atoms with Gasteiger partial charge in [0.15, 0.2) is 0 Å². The number of methoxy groups -OCH3 is 2. The van der Waals surface area contributed by atoms with E-state index in [1.165, 1.54) is 0 Å². The van der Waals surface area contributed by atoms with Crippen molar-refractivity contribution < 1.29 is 14.3 Å². The quantitative estimate of drug-likeness (QED) is 0.612. The lowest BCUT2D eigenvalue weighted by Crippen LogP contribution is -2.24. The fourth-order valence-corrected chi connectivity index (χ4v) is 2.83. The summed E-state index contributed by atoms with van der Waals surface area (Å²) in [6.07, 6.45) is 0. The topological polar surface area (TPSA) is 85.4 Å². The van der Waals surface area contributed by atoms with E-state index in [0.717, 1.165) is 22.6 Å². The zero-order chi connectivity index (χ0) is 20.6. The molecule has 150 valence electrons. The van der Waals surface area contributed by atoms with E-state index in [9.17, 15) is 4.79 Å². The van der Waals surface area contributed by atoms with E-state index in [1.54, 1.807) is 27.2 Å². The number of hydrogen-bond donors (Lipinski definition) is 2. The molecule has 1 amide bonds. The second-order valence-electron chi connectivity index (χ2n) is 6.38. The summed E-state index contributed by atoms with van der Waals surface area (Å²) in [5, 5.41) is 6.11. The molecule has 0 saturated heterocycles. The molecular weight excluding hydrogens is 368 g/mol. The number of nitrogens with zero attached hydrogens (tertiary/aromatic N) is 2. The third kappa shape index (κ3) is 5.44. The van der Waals surface area contributed by atoms with Crippen molar-refractivity contribution in [2.45, 2.75) is 20.0 Å². The molecule has 0 atom stereocenters. The Morgan fingerprint density at radius 3 is 2.45 bits per heavy atom. The first-order chi connectivity index (χ1) is 14.1. The van der Waals surface area contributed by atoms with Crippen LogP contribution in [-0.4, -0.2) is 30.1 Å². The summed E-state index contributed by atoms with van der Waals surface area (Å²) in [6.45, 7) is 2.68. The summed E-state index contributed by atoms with van der Waals surface area (Å²) in [6, 6.07) is 16.9. The Labute approximate surface area is 170 Å². The fraction of sp³-hybridized carbons (Fsp3) is 0.227. The average molecular weight is 392 g/mol. The normalized spacial score (nSPS) is 10.3. The van der Waals surface area contributed by atoms with Crippen molar-refractivity contribution in [1.82, 2.24) is 15.3 Å². The van der Waals surface area contributed by atoms with Gasteiger partial charge in [-0.2, -0.15) is 0 Å². The highest BCUT2D eigenvalue weighted by molar-refractivity contribution is 5.92. The molecule has 3 rings (SSSR count). The van der Waals surface area contributed by atoms with Crippen LogP contribution >= 0.6 is 0 Å². The highest BCUT2D eigenvalue weighted by Crippen LogP contribution is 2.19. The molecule has 0 spiro atoms. The molecule has 0 aliphatic heterocycles. The predicted octanol–water partition coefficient (Wildman–Crippen LogP) is 3.34. The van der Waals surface area contributed by atoms with E-state index in [-0.39, 0.29) is 5.91 Å². The number of benzene rings is 2. The number of nitrogens with one attached hydrogen (secondary N) is 2.